The van der Waals surface area contributed by atoms with E-state index in [1.165, 1.54) is 44.3 Å². The van der Waals surface area contributed by atoms with E-state index in [0.29, 0.717) is 0 Å². The third kappa shape index (κ3) is 4.54. The summed E-state index contributed by atoms with van der Waals surface area (Å²) in [5.41, 5.74) is 3.33. The number of hydrogen-bond donors (Lipinski definition) is 2. The van der Waals surface area contributed by atoms with E-state index in [4.69, 9.17) is 0 Å². The number of likely N-dealkylation sites (tertiary alicyclic amines) is 2. The van der Waals surface area contributed by atoms with Gasteiger partial charge in [-0.1, -0.05) is 12.8 Å². The number of nitrogens with zero attached hydrogens (tertiary/aromatic N) is 3. The van der Waals surface area contributed by atoms with Crippen molar-refractivity contribution in [1.29, 1.82) is 0 Å². The normalized spacial score (nSPS) is 22.2. The van der Waals surface area contributed by atoms with Crippen LogP contribution in [0.4, 0.5) is 4.79 Å². The van der Waals surface area contributed by atoms with Gasteiger partial charge in [0.2, 0.25) is 0 Å². The minimum Gasteiger partial charge on any atom is -0.338 e. The summed E-state index contributed by atoms with van der Waals surface area (Å²) < 4.78 is 0. The Balaban J connectivity index is 1.57. The minimum absolute atomic E-state index is 0.0910. The average Bonchev–Trinajstić information content (AvgIpc) is 3.15. The predicted octanol–water partition coefficient (Wildman–Crippen LogP) is 3.14. The highest BCUT2D eigenvalue weighted by Crippen LogP contribution is 2.33. The van der Waals surface area contributed by atoms with Crippen LogP contribution in [0.5, 0.6) is 0 Å². The van der Waals surface area contributed by atoms with Gasteiger partial charge in [-0.15, -0.1) is 0 Å². The van der Waals surface area contributed by atoms with Crippen molar-refractivity contribution in [3.05, 3.63) is 17.0 Å². The van der Waals surface area contributed by atoms with Crippen molar-refractivity contribution in [3.8, 4) is 0 Å². The van der Waals surface area contributed by atoms with Crippen molar-refractivity contribution < 1.29 is 4.79 Å². The number of aromatic nitrogens is 2. The van der Waals surface area contributed by atoms with Crippen LogP contribution in [-0.2, 0) is 0 Å². The number of nitrogens with one attached hydrogen (secondary N) is 2. The number of H-pyrrole nitrogens is 1. The molecule has 2 fully saturated rings. The zero-order valence-electron chi connectivity index (χ0n) is 15.8. The van der Waals surface area contributed by atoms with Crippen LogP contribution >= 0.6 is 0 Å². The van der Waals surface area contributed by atoms with Gasteiger partial charge in [0, 0.05) is 24.3 Å². The van der Waals surface area contributed by atoms with Crippen molar-refractivity contribution in [2.75, 3.05) is 32.7 Å². The first-order valence-corrected chi connectivity index (χ1v) is 9.95. The van der Waals surface area contributed by atoms with Crippen LogP contribution in [0.2, 0.25) is 0 Å². The summed E-state index contributed by atoms with van der Waals surface area (Å²) in [6, 6.07) is 0.244. The average molecular weight is 348 g/mol. The first-order valence-electron chi connectivity index (χ1n) is 9.95. The van der Waals surface area contributed by atoms with Gasteiger partial charge in [0.15, 0.2) is 0 Å². The van der Waals surface area contributed by atoms with Gasteiger partial charge in [0.05, 0.1) is 11.7 Å². The lowest BCUT2D eigenvalue weighted by Crippen LogP contribution is -2.43. The molecular weight excluding hydrogens is 314 g/mol. The molecule has 1 unspecified atom stereocenters. The Labute approximate surface area is 151 Å². The highest BCUT2D eigenvalue weighted by Gasteiger charge is 2.29. The second kappa shape index (κ2) is 8.70. The second-order valence-electron chi connectivity index (χ2n) is 7.54. The molecular formula is C19H33N5O. The van der Waals surface area contributed by atoms with Crippen molar-refractivity contribution in [1.82, 2.24) is 25.3 Å². The molecule has 1 aromatic rings. The fourth-order valence-corrected chi connectivity index (χ4v) is 4.31. The summed E-state index contributed by atoms with van der Waals surface area (Å²) in [6.45, 7) is 9.25. The standard InChI is InChI=1S/C19H33N5O/c1-15-18(16(2)22-21-15)17-9-4-3-5-14-24(17)19(25)20-10-8-13-23-11-6-7-12-23/h17H,3-14H2,1-2H3,(H,20,25)(H,21,22). The molecule has 2 amide bonds. The second-order valence-corrected chi connectivity index (χ2v) is 7.54. The third-order valence-electron chi connectivity index (χ3n) is 5.66. The van der Waals surface area contributed by atoms with Crippen molar-refractivity contribution in [2.24, 2.45) is 0 Å². The topological polar surface area (TPSA) is 64.3 Å². The molecule has 0 radical (unpaired) electrons. The number of aryl methyl sites for hydroxylation is 2. The van der Waals surface area contributed by atoms with Gasteiger partial charge < -0.3 is 15.1 Å². The molecule has 3 heterocycles. The lowest BCUT2D eigenvalue weighted by Gasteiger charge is -2.31. The lowest BCUT2D eigenvalue weighted by molar-refractivity contribution is 0.175. The van der Waals surface area contributed by atoms with E-state index < -0.39 is 0 Å². The van der Waals surface area contributed by atoms with Crippen LogP contribution in [-0.4, -0.2) is 58.8 Å². The maximum absolute atomic E-state index is 12.8. The summed E-state index contributed by atoms with van der Waals surface area (Å²) in [5.74, 6) is 0. The number of aromatic amines is 1. The summed E-state index contributed by atoms with van der Waals surface area (Å²) in [5, 5.41) is 10.6. The van der Waals surface area contributed by atoms with Crippen LogP contribution in [0, 0.1) is 13.8 Å². The smallest absolute Gasteiger partial charge is 0.317 e. The minimum atomic E-state index is 0.0910. The molecule has 3 rings (SSSR count). The molecule has 6 nitrogen and oxygen atoms in total. The third-order valence-corrected chi connectivity index (χ3v) is 5.66. The number of carbonyl (C=O) groups is 1. The van der Waals surface area contributed by atoms with Crippen LogP contribution < -0.4 is 5.32 Å². The van der Waals surface area contributed by atoms with Gasteiger partial charge in [-0.25, -0.2) is 4.79 Å². The summed E-state index contributed by atoms with van der Waals surface area (Å²) in [7, 11) is 0. The monoisotopic (exact) mass is 347 g/mol. The first kappa shape index (κ1) is 18.2. The zero-order chi connectivity index (χ0) is 17.6. The lowest BCUT2D eigenvalue weighted by atomic mass is 9.99. The van der Waals surface area contributed by atoms with Gasteiger partial charge in [-0.2, -0.15) is 5.10 Å². The summed E-state index contributed by atoms with van der Waals surface area (Å²) in [4.78, 5) is 17.4. The molecule has 25 heavy (non-hydrogen) atoms. The van der Waals surface area contributed by atoms with Crippen LogP contribution in [0.1, 0.15) is 67.9 Å². The Morgan fingerprint density at radius 1 is 1.16 bits per heavy atom. The Hall–Kier alpha value is -1.56. The van der Waals surface area contributed by atoms with E-state index in [2.05, 4.69) is 27.3 Å². The Bertz CT molecular complexity index is 545. The Morgan fingerprint density at radius 2 is 1.92 bits per heavy atom. The molecule has 0 aromatic carbocycles. The SMILES string of the molecule is Cc1n[nH]c(C)c1C1CCCCCN1C(=O)NCCCN1CCCC1. The molecule has 0 saturated carbocycles. The number of carbonyl (C=O) groups excluding carboxylic acids is 1. The van der Waals surface area contributed by atoms with Crippen LogP contribution in [0.25, 0.3) is 0 Å². The Kier molecular flexibility index (Phi) is 6.34. The van der Waals surface area contributed by atoms with Gasteiger partial charge in [-0.3, -0.25) is 5.10 Å². The number of hydrogen-bond acceptors (Lipinski definition) is 3. The fraction of sp³-hybridized carbons (Fsp3) is 0.789. The van der Waals surface area contributed by atoms with E-state index in [0.717, 1.165) is 50.3 Å². The maximum Gasteiger partial charge on any atom is 0.317 e. The molecule has 2 saturated heterocycles. The first-order chi connectivity index (χ1) is 12.2. The molecule has 2 N–H and O–H groups in total. The molecule has 0 spiro atoms. The van der Waals surface area contributed by atoms with Crippen molar-refractivity contribution in [3.63, 3.8) is 0 Å². The van der Waals surface area contributed by atoms with Gasteiger partial charge in [0.1, 0.15) is 0 Å². The maximum atomic E-state index is 12.8. The van der Waals surface area contributed by atoms with E-state index in [9.17, 15) is 4.79 Å². The van der Waals surface area contributed by atoms with E-state index >= 15 is 0 Å². The van der Waals surface area contributed by atoms with Crippen molar-refractivity contribution in [2.45, 2.75) is 64.8 Å². The number of rotatable bonds is 5. The van der Waals surface area contributed by atoms with Gasteiger partial charge >= 0.3 is 6.03 Å². The largest absolute Gasteiger partial charge is 0.338 e. The summed E-state index contributed by atoms with van der Waals surface area (Å²) >= 11 is 0. The Morgan fingerprint density at radius 3 is 2.64 bits per heavy atom. The van der Waals surface area contributed by atoms with Crippen LogP contribution in [0.15, 0.2) is 0 Å². The number of amides is 2. The zero-order valence-corrected chi connectivity index (χ0v) is 15.8. The van der Waals surface area contributed by atoms with E-state index in [1.807, 2.05) is 11.8 Å². The predicted molar refractivity (Wildman–Crippen MR) is 99.7 cm³/mol. The fourth-order valence-electron chi connectivity index (χ4n) is 4.31. The quantitative estimate of drug-likeness (QED) is 0.804. The molecule has 6 heteroatoms. The molecule has 1 aromatic heterocycles. The van der Waals surface area contributed by atoms with E-state index in [-0.39, 0.29) is 12.1 Å². The molecule has 2 aliphatic heterocycles. The molecule has 2 aliphatic rings. The molecule has 0 aliphatic carbocycles. The van der Waals surface area contributed by atoms with Crippen LogP contribution in [0.3, 0.4) is 0 Å². The highest BCUT2D eigenvalue weighted by molar-refractivity contribution is 5.74. The number of urea groups is 1. The van der Waals surface area contributed by atoms with Gasteiger partial charge in [-0.05, 0) is 65.6 Å². The molecule has 0 bridgehead atoms. The van der Waals surface area contributed by atoms with E-state index in [1.54, 1.807) is 0 Å². The molecule has 140 valence electrons. The summed E-state index contributed by atoms with van der Waals surface area (Å²) in [6.07, 6.45) is 8.18. The van der Waals surface area contributed by atoms with Gasteiger partial charge in [0.25, 0.3) is 0 Å². The van der Waals surface area contributed by atoms with Crippen molar-refractivity contribution >= 4 is 6.03 Å². The highest BCUT2D eigenvalue weighted by atomic mass is 16.2. The molecule has 1 atom stereocenters.